The fourth-order valence-electron chi connectivity index (χ4n) is 5.14. The van der Waals surface area contributed by atoms with Gasteiger partial charge in [0.2, 0.25) is 10.0 Å². The molecule has 2 aliphatic rings. The molecule has 1 heterocycles. The first-order valence-corrected chi connectivity index (χ1v) is 12.9. The smallest absolute Gasteiger partial charge is 0.229 e. The van der Waals surface area contributed by atoms with Crippen molar-refractivity contribution < 1.29 is 8.42 Å². The summed E-state index contributed by atoms with van der Waals surface area (Å²) in [4.78, 5) is 5.13. The predicted octanol–water partition coefficient (Wildman–Crippen LogP) is 4.29. The highest BCUT2D eigenvalue weighted by Gasteiger charge is 2.42. The zero-order chi connectivity index (χ0) is 21.2. The van der Waals surface area contributed by atoms with Crippen LogP contribution in [0.1, 0.15) is 38.2 Å². The van der Waals surface area contributed by atoms with Crippen molar-refractivity contribution in [3.05, 3.63) is 60.2 Å². The van der Waals surface area contributed by atoms with Gasteiger partial charge >= 0.3 is 0 Å². The van der Waals surface area contributed by atoms with Gasteiger partial charge in [0.15, 0.2) is 0 Å². The SMILES string of the molecule is CC1CCC(c2cccc(NS(C)(=O)=O)c2)(N2CCN(c3ccccc3)CC2)CC1. The van der Waals surface area contributed by atoms with Crippen LogP contribution >= 0.6 is 0 Å². The second-order valence-electron chi connectivity index (χ2n) is 8.98. The Bertz CT molecular complexity index is 945. The zero-order valence-electron chi connectivity index (χ0n) is 18.0. The van der Waals surface area contributed by atoms with Crippen molar-refractivity contribution in [1.29, 1.82) is 0 Å². The van der Waals surface area contributed by atoms with Gasteiger partial charge in [-0.05, 0) is 61.4 Å². The molecule has 1 aliphatic carbocycles. The highest BCUT2D eigenvalue weighted by molar-refractivity contribution is 7.92. The van der Waals surface area contributed by atoms with Crippen molar-refractivity contribution >= 4 is 21.4 Å². The minimum atomic E-state index is -3.29. The van der Waals surface area contributed by atoms with E-state index in [1.807, 2.05) is 12.1 Å². The first-order valence-electron chi connectivity index (χ1n) is 11.0. The van der Waals surface area contributed by atoms with E-state index in [1.54, 1.807) is 0 Å². The maximum Gasteiger partial charge on any atom is 0.229 e. The van der Waals surface area contributed by atoms with E-state index in [2.05, 4.69) is 63.9 Å². The average Bonchev–Trinajstić information content (AvgIpc) is 2.74. The molecule has 2 aromatic carbocycles. The summed E-state index contributed by atoms with van der Waals surface area (Å²) in [7, 11) is -3.29. The molecule has 2 fully saturated rings. The van der Waals surface area contributed by atoms with E-state index >= 15 is 0 Å². The van der Waals surface area contributed by atoms with E-state index in [0.717, 1.165) is 44.9 Å². The van der Waals surface area contributed by atoms with Gasteiger partial charge in [0.25, 0.3) is 0 Å². The summed E-state index contributed by atoms with van der Waals surface area (Å²) in [6.07, 6.45) is 5.88. The lowest BCUT2D eigenvalue weighted by Gasteiger charge is -2.51. The normalized spacial score (nSPS) is 25.8. The Kier molecular flexibility index (Phi) is 6.07. The third-order valence-electron chi connectivity index (χ3n) is 6.81. The summed E-state index contributed by atoms with van der Waals surface area (Å²) in [5, 5.41) is 0. The number of nitrogens with zero attached hydrogens (tertiary/aromatic N) is 2. The molecule has 5 nitrogen and oxygen atoms in total. The molecule has 1 aliphatic heterocycles. The Morgan fingerprint density at radius 1 is 0.933 bits per heavy atom. The number of rotatable bonds is 5. The summed E-state index contributed by atoms with van der Waals surface area (Å²) in [6, 6.07) is 18.7. The van der Waals surface area contributed by atoms with Crippen LogP contribution in [0, 0.1) is 5.92 Å². The lowest BCUT2D eigenvalue weighted by atomic mass is 9.71. The van der Waals surface area contributed by atoms with Crippen LogP contribution in [-0.4, -0.2) is 45.8 Å². The lowest BCUT2D eigenvalue weighted by Crippen LogP contribution is -2.56. The minimum Gasteiger partial charge on any atom is -0.369 e. The monoisotopic (exact) mass is 427 g/mol. The second kappa shape index (κ2) is 8.60. The molecule has 0 aromatic heterocycles. The number of anilines is 2. The van der Waals surface area contributed by atoms with Crippen LogP contribution in [-0.2, 0) is 15.6 Å². The highest BCUT2D eigenvalue weighted by Crippen LogP contribution is 2.45. The molecule has 1 saturated heterocycles. The van der Waals surface area contributed by atoms with Gasteiger partial charge < -0.3 is 4.90 Å². The average molecular weight is 428 g/mol. The fourth-order valence-corrected chi connectivity index (χ4v) is 5.70. The molecule has 0 radical (unpaired) electrons. The van der Waals surface area contributed by atoms with Crippen molar-refractivity contribution in [3.8, 4) is 0 Å². The van der Waals surface area contributed by atoms with E-state index < -0.39 is 10.0 Å². The summed E-state index contributed by atoms with van der Waals surface area (Å²) >= 11 is 0. The quantitative estimate of drug-likeness (QED) is 0.774. The maximum absolute atomic E-state index is 11.8. The van der Waals surface area contributed by atoms with Crippen LogP contribution in [0.25, 0.3) is 0 Å². The Morgan fingerprint density at radius 2 is 1.60 bits per heavy atom. The third kappa shape index (κ3) is 4.65. The molecule has 6 heteroatoms. The van der Waals surface area contributed by atoms with Crippen molar-refractivity contribution in [1.82, 2.24) is 4.90 Å². The Labute approximate surface area is 181 Å². The largest absolute Gasteiger partial charge is 0.369 e. The van der Waals surface area contributed by atoms with Gasteiger partial charge in [0.05, 0.1) is 6.26 Å². The molecular weight excluding hydrogens is 394 g/mol. The van der Waals surface area contributed by atoms with Crippen LogP contribution in [0.5, 0.6) is 0 Å². The number of hydrogen-bond donors (Lipinski definition) is 1. The lowest BCUT2D eigenvalue weighted by molar-refractivity contribution is 0.0299. The second-order valence-corrected chi connectivity index (χ2v) is 10.7. The molecule has 162 valence electrons. The van der Waals surface area contributed by atoms with Crippen LogP contribution in [0.15, 0.2) is 54.6 Å². The molecule has 0 spiro atoms. The number of hydrogen-bond acceptors (Lipinski definition) is 4. The summed E-state index contributed by atoms with van der Waals surface area (Å²) in [6.45, 7) is 6.42. The number of piperazine rings is 1. The van der Waals surface area contributed by atoms with Crippen LogP contribution in [0.3, 0.4) is 0 Å². The number of benzene rings is 2. The Hall–Kier alpha value is -2.05. The summed E-state index contributed by atoms with van der Waals surface area (Å²) in [5.74, 6) is 0.751. The molecule has 0 amide bonds. The summed E-state index contributed by atoms with van der Waals surface area (Å²) in [5.41, 5.74) is 3.19. The van der Waals surface area contributed by atoms with Gasteiger partial charge in [-0.3, -0.25) is 9.62 Å². The standard InChI is InChI=1S/C24H33N3O2S/c1-20-11-13-24(14-12-20,21-7-6-8-22(19-21)25-30(2,28)29)27-17-15-26(16-18-27)23-9-4-3-5-10-23/h3-10,19-20,25H,11-18H2,1-2H3. The van der Waals surface area contributed by atoms with Gasteiger partial charge in [-0.25, -0.2) is 8.42 Å². The molecule has 4 rings (SSSR count). The zero-order valence-corrected chi connectivity index (χ0v) is 18.9. The molecule has 30 heavy (non-hydrogen) atoms. The van der Waals surface area contributed by atoms with Crippen LogP contribution < -0.4 is 9.62 Å². The van der Waals surface area contributed by atoms with Crippen LogP contribution in [0.2, 0.25) is 0 Å². The number of para-hydroxylation sites is 1. The first-order chi connectivity index (χ1) is 14.4. The molecule has 1 N–H and O–H groups in total. The Morgan fingerprint density at radius 3 is 2.23 bits per heavy atom. The molecular formula is C24H33N3O2S. The van der Waals surface area contributed by atoms with E-state index in [0.29, 0.717) is 5.69 Å². The van der Waals surface area contributed by atoms with E-state index in [9.17, 15) is 8.42 Å². The van der Waals surface area contributed by atoms with Gasteiger partial charge in [-0.2, -0.15) is 0 Å². The van der Waals surface area contributed by atoms with Crippen molar-refractivity contribution in [2.45, 2.75) is 38.1 Å². The minimum absolute atomic E-state index is 0.00944. The highest BCUT2D eigenvalue weighted by atomic mass is 32.2. The number of nitrogens with one attached hydrogen (secondary N) is 1. The topological polar surface area (TPSA) is 52.7 Å². The summed E-state index contributed by atoms with van der Waals surface area (Å²) < 4.78 is 26.2. The molecule has 2 aromatic rings. The van der Waals surface area contributed by atoms with Gasteiger partial charge in [0.1, 0.15) is 0 Å². The van der Waals surface area contributed by atoms with E-state index in [4.69, 9.17) is 0 Å². The van der Waals surface area contributed by atoms with Gasteiger partial charge in [-0.1, -0.05) is 37.3 Å². The predicted molar refractivity (Wildman–Crippen MR) is 124 cm³/mol. The molecule has 0 atom stereocenters. The molecule has 0 unspecified atom stereocenters. The van der Waals surface area contributed by atoms with E-state index in [1.165, 1.54) is 30.3 Å². The van der Waals surface area contributed by atoms with Crippen molar-refractivity contribution in [2.24, 2.45) is 5.92 Å². The Balaban J connectivity index is 1.59. The maximum atomic E-state index is 11.8. The third-order valence-corrected chi connectivity index (χ3v) is 7.42. The van der Waals surface area contributed by atoms with E-state index in [-0.39, 0.29) is 5.54 Å². The van der Waals surface area contributed by atoms with Crippen molar-refractivity contribution in [3.63, 3.8) is 0 Å². The molecule has 1 saturated carbocycles. The van der Waals surface area contributed by atoms with Crippen molar-refractivity contribution in [2.75, 3.05) is 42.1 Å². The van der Waals surface area contributed by atoms with Gasteiger partial charge in [0, 0.05) is 43.1 Å². The fraction of sp³-hybridized carbons (Fsp3) is 0.500. The molecule has 0 bridgehead atoms. The first kappa shape index (κ1) is 21.2. The van der Waals surface area contributed by atoms with Gasteiger partial charge in [-0.15, -0.1) is 0 Å². The number of sulfonamides is 1. The van der Waals surface area contributed by atoms with Crippen LogP contribution in [0.4, 0.5) is 11.4 Å².